The Morgan fingerprint density at radius 3 is 2.76 bits per heavy atom. The van der Waals surface area contributed by atoms with Crippen LogP contribution in [0.2, 0.25) is 0 Å². The summed E-state index contributed by atoms with van der Waals surface area (Å²) in [5.41, 5.74) is 3.72. The number of alkyl halides is 1. The molecule has 1 aliphatic rings. The third kappa shape index (κ3) is 1.87. The number of nitrogen functional groups attached to an aromatic ring is 1. The fourth-order valence-corrected chi connectivity index (χ4v) is 2.45. The molecule has 1 aliphatic heterocycles. The molecule has 21 heavy (non-hydrogen) atoms. The lowest BCUT2D eigenvalue weighted by Gasteiger charge is -2.24. The molecule has 3 heterocycles. The van der Waals surface area contributed by atoms with Crippen LogP contribution in [0.5, 0.6) is 0 Å². The standard InChI is InChI=1S/C11H14FN5O4/c12-11(2-19)5(1-18)21-10(7(11)20)17-4-16-6-8(13)14-3-15-9(6)17/h3-5,7,10,18-20H,1-2H2,(H2,13,14,15)/t5-,7+,10-,11+/m1/s1. The Labute approximate surface area is 117 Å². The van der Waals surface area contributed by atoms with Crippen molar-refractivity contribution in [3.05, 3.63) is 12.7 Å². The quantitative estimate of drug-likeness (QED) is 0.529. The van der Waals surface area contributed by atoms with Crippen molar-refractivity contribution in [1.82, 2.24) is 19.5 Å². The molecule has 9 nitrogen and oxygen atoms in total. The third-order valence-electron chi connectivity index (χ3n) is 3.67. The van der Waals surface area contributed by atoms with Crippen LogP contribution in [0.4, 0.5) is 10.2 Å². The maximum absolute atomic E-state index is 14.5. The molecule has 0 radical (unpaired) electrons. The van der Waals surface area contributed by atoms with E-state index >= 15 is 0 Å². The summed E-state index contributed by atoms with van der Waals surface area (Å²) in [6.45, 7) is -1.67. The number of aromatic nitrogens is 4. The predicted octanol–water partition coefficient (Wildman–Crippen LogP) is -1.64. The Hall–Kier alpha value is -1.88. The second-order valence-corrected chi connectivity index (χ2v) is 4.81. The average Bonchev–Trinajstić information content (AvgIpc) is 3.01. The molecule has 0 saturated carbocycles. The molecule has 1 fully saturated rings. The van der Waals surface area contributed by atoms with Crippen LogP contribution in [-0.4, -0.2) is 65.9 Å². The highest BCUT2D eigenvalue weighted by molar-refractivity contribution is 5.81. The van der Waals surface area contributed by atoms with Crippen LogP contribution in [0.3, 0.4) is 0 Å². The molecule has 2 aromatic rings. The topological polar surface area (TPSA) is 140 Å². The lowest BCUT2D eigenvalue weighted by Crippen LogP contribution is -2.48. The molecule has 114 valence electrons. The number of aliphatic hydroxyl groups is 3. The van der Waals surface area contributed by atoms with Gasteiger partial charge in [-0.1, -0.05) is 0 Å². The molecule has 10 heteroatoms. The van der Waals surface area contributed by atoms with Gasteiger partial charge in [-0.15, -0.1) is 0 Å². The summed E-state index contributed by atoms with van der Waals surface area (Å²) in [5.74, 6) is 0.138. The number of nitrogens with two attached hydrogens (primary N) is 1. The van der Waals surface area contributed by atoms with Crippen LogP contribution >= 0.6 is 0 Å². The fourth-order valence-electron chi connectivity index (χ4n) is 2.45. The Kier molecular flexibility index (Phi) is 3.24. The fraction of sp³-hybridized carbons (Fsp3) is 0.545. The summed E-state index contributed by atoms with van der Waals surface area (Å²) in [6.07, 6.45) is -1.78. The first kappa shape index (κ1) is 14.1. The Bertz CT molecular complexity index is 667. The van der Waals surface area contributed by atoms with Crippen molar-refractivity contribution in [1.29, 1.82) is 0 Å². The molecular weight excluding hydrogens is 285 g/mol. The average molecular weight is 299 g/mol. The number of hydrogen-bond acceptors (Lipinski definition) is 8. The number of halogens is 1. The molecule has 1 saturated heterocycles. The maximum atomic E-state index is 14.5. The van der Waals surface area contributed by atoms with Gasteiger partial charge < -0.3 is 25.8 Å². The zero-order valence-electron chi connectivity index (χ0n) is 10.8. The highest BCUT2D eigenvalue weighted by Crippen LogP contribution is 2.40. The second-order valence-electron chi connectivity index (χ2n) is 4.81. The monoisotopic (exact) mass is 299 g/mol. The lowest BCUT2D eigenvalue weighted by atomic mass is 9.95. The number of rotatable bonds is 3. The van der Waals surface area contributed by atoms with Crippen LogP contribution in [0.1, 0.15) is 6.23 Å². The van der Waals surface area contributed by atoms with Crippen LogP contribution < -0.4 is 5.73 Å². The zero-order valence-corrected chi connectivity index (χ0v) is 10.8. The van der Waals surface area contributed by atoms with Crippen molar-refractivity contribution in [3.8, 4) is 0 Å². The number of nitrogens with zero attached hydrogens (tertiary/aromatic N) is 4. The van der Waals surface area contributed by atoms with E-state index in [1.807, 2.05) is 0 Å². The molecule has 0 unspecified atom stereocenters. The summed E-state index contributed by atoms with van der Waals surface area (Å²) in [4.78, 5) is 11.7. The van der Waals surface area contributed by atoms with E-state index in [0.717, 1.165) is 0 Å². The highest BCUT2D eigenvalue weighted by atomic mass is 19.1. The maximum Gasteiger partial charge on any atom is 0.192 e. The van der Waals surface area contributed by atoms with Gasteiger partial charge in [-0.05, 0) is 0 Å². The first-order valence-corrected chi connectivity index (χ1v) is 6.20. The number of ether oxygens (including phenoxy) is 1. The van der Waals surface area contributed by atoms with E-state index in [-0.39, 0.29) is 17.0 Å². The lowest BCUT2D eigenvalue weighted by molar-refractivity contribution is -0.0679. The van der Waals surface area contributed by atoms with Crippen LogP contribution in [0, 0.1) is 0 Å². The highest BCUT2D eigenvalue weighted by Gasteiger charge is 2.57. The molecule has 2 aromatic heterocycles. The summed E-state index contributed by atoms with van der Waals surface area (Å²) in [7, 11) is 0. The molecule has 0 amide bonds. The Balaban J connectivity index is 2.06. The zero-order chi connectivity index (χ0) is 15.2. The molecule has 0 aliphatic carbocycles. The van der Waals surface area contributed by atoms with Gasteiger partial charge in [-0.3, -0.25) is 4.57 Å². The molecule has 5 N–H and O–H groups in total. The largest absolute Gasteiger partial charge is 0.394 e. The van der Waals surface area contributed by atoms with Crippen LogP contribution in [0.15, 0.2) is 12.7 Å². The van der Waals surface area contributed by atoms with Gasteiger partial charge in [0.2, 0.25) is 0 Å². The van der Waals surface area contributed by atoms with E-state index in [1.165, 1.54) is 17.2 Å². The number of anilines is 1. The smallest absolute Gasteiger partial charge is 0.192 e. The second kappa shape index (κ2) is 4.84. The third-order valence-corrected chi connectivity index (χ3v) is 3.67. The van der Waals surface area contributed by atoms with Gasteiger partial charge in [0.1, 0.15) is 24.1 Å². The van der Waals surface area contributed by atoms with Gasteiger partial charge in [-0.25, -0.2) is 19.3 Å². The van der Waals surface area contributed by atoms with Crippen molar-refractivity contribution in [2.24, 2.45) is 0 Å². The van der Waals surface area contributed by atoms with E-state index in [2.05, 4.69) is 15.0 Å². The van der Waals surface area contributed by atoms with Crippen LogP contribution in [-0.2, 0) is 4.74 Å². The van der Waals surface area contributed by atoms with E-state index in [4.69, 9.17) is 15.6 Å². The van der Waals surface area contributed by atoms with Crippen LogP contribution in [0.25, 0.3) is 11.2 Å². The molecular formula is C11H14FN5O4. The van der Waals surface area contributed by atoms with Gasteiger partial charge in [0.05, 0.1) is 19.5 Å². The minimum absolute atomic E-state index is 0.138. The predicted molar refractivity (Wildman–Crippen MR) is 67.7 cm³/mol. The summed E-state index contributed by atoms with van der Waals surface area (Å²) >= 11 is 0. The molecule has 0 bridgehead atoms. The summed E-state index contributed by atoms with van der Waals surface area (Å²) in [5, 5.41) is 28.5. The molecule has 0 spiro atoms. The summed E-state index contributed by atoms with van der Waals surface area (Å²) in [6, 6.07) is 0. The van der Waals surface area contributed by atoms with Crippen molar-refractivity contribution in [3.63, 3.8) is 0 Å². The minimum Gasteiger partial charge on any atom is -0.394 e. The first-order chi connectivity index (χ1) is 10.0. The van der Waals surface area contributed by atoms with E-state index in [9.17, 15) is 14.6 Å². The molecule has 0 aromatic carbocycles. The van der Waals surface area contributed by atoms with E-state index in [1.54, 1.807) is 0 Å². The first-order valence-electron chi connectivity index (χ1n) is 6.20. The molecule has 3 rings (SSSR count). The van der Waals surface area contributed by atoms with Crippen molar-refractivity contribution in [2.45, 2.75) is 24.1 Å². The van der Waals surface area contributed by atoms with Gasteiger partial charge in [0, 0.05) is 0 Å². The number of imidazole rings is 1. The normalized spacial score (nSPS) is 32.9. The van der Waals surface area contributed by atoms with Crippen molar-refractivity contribution >= 4 is 17.0 Å². The van der Waals surface area contributed by atoms with Gasteiger partial charge in [0.15, 0.2) is 23.4 Å². The number of fused-ring (bicyclic) bond motifs is 1. The van der Waals surface area contributed by atoms with Gasteiger partial charge in [-0.2, -0.15) is 0 Å². The SMILES string of the molecule is Nc1ncnc2c1ncn2[C@@H]1O[C@H](CO)[C@@](F)(CO)[C@H]1O. The van der Waals surface area contributed by atoms with E-state index in [0.29, 0.717) is 0 Å². The summed E-state index contributed by atoms with van der Waals surface area (Å²) < 4.78 is 21.1. The Morgan fingerprint density at radius 2 is 2.14 bits per heavy atom. The van der Waals surface area contributed by atoms with Crippen molar-refractivity contribution < 1.29 is 24.4 Å². The number of aliphatic hydroxyl groups excluding tert-OH is 3. The Morgan fingerprint density at radius 1 is 1.38 bits per heavy atom. The van der Waals surface area contributed by atoms with Gasteiger partial charge >= 0.3 is 0 Å². The molecule has 4 atom stereocenters. The van der Waals surface area contributed by atoms with E-state index < -0.39 is 37.3 Å². The van der Waals surface area contributed by atoms with Gasteiger partial charge in [0.25, 0.3) is 0 Å². The number of hydrogen-bond donors (Lipinski definition) is 4. The minimum atomic E-state index is -2.48. The van der Waals surface area contributed by atoms with Crippen molar-refractivity contribution in [2.75, 3.05) is 18.9 Å².